The Morgan fingerprint density at radius 3 is 2.49 bits per heavy atom. The zero-order valence-corrected chi connectivity index (χ0v) is 29.9. The van der Waals surface area contributed by atoms with Gasteiger partial charge in [-0.1, -0.05) is 76.6 Å². The second-order valence-corrected chi connectivity index (χ2v) is 15.4. The lowest BCUT2D eigenvalue weighted by Crippen LogP contribution is -2.61. The lowest BCUT2D eigenvalue weighted by molar-refractivity contribution is -0.132. The Balaban J connectivity index is 1.29. The molecule has 1 aliphatic carbocycles. The summed E-state index contributed by atoms with van der Waals surface area (Å²) in [5.41, 5.74) is 3.65. The van der Waals surface area contributed by atoms with Gasteiger partial charge < -0.3 is 20.8 Å². The Morgan fingerprint density at radius 1 is 1.04 bits per heavy atom. The predicted molar refractivity (Wildman–Crippen MR) is 191 cm³/mol. The smallest absolute Gasteiger partial charge is 0.239 e. The van der Waals surface area contributed by atoms with Gasteiger partial charge in [0.25, 0.3) is 0 Å². The van der Waals surface area contributed by atoms with Gasteiger partial charge >= 0.3 is 0 Å². The average molecular weight is 724 g/mol. The third-order valence-electron chi connectivity index (χ3n) is 9.02. The average Bonchev–Trinajstić information content (AvgIpc) is 3.33. The summed E-state index contributed by atoms with van der Waals surface area (Å²) >= 11 is 8.16. The molecule has 0 saturated carbocycles. The van der Waals surface area contributed by atoms with E-state index in [-0.39, 0.29) is 24.8 Å². The maximum atomic E-state index is 13.9. The SMILES string of the molecule is CC(C)(C)NC(=O)[C@@H]1CN(Cc2ccc(Br)cc2S)CCN1C[C@@H](O)C[C@H](Cc1ccccc1)C(=O)N[C@H]1c2ccccc2C[C@H]1O. The van der Waals surface area contributed by atoms with Gasteiger partial charge in [-0.25, -0.2) is 0 Å². The van der Waals surface area contributed by atoms with E-state index in [1.54, 1.807) is 0 Å². The topological polar surface area (TPSA) is 105 Å². The molecule has 0 spiro atoms. The Morgan fingerprint density at radius 2 is 1.77 bits per heavy atom. The Hall–Kier alpha value is -2.73. The number of hydrogen-bond acceptors (Lipinski definition) is 7. The van der Waals surface area contributed by atoms with Crippen LogP contribution in [0, 0.1) is 5.92 Å². The number of hydrogen-bond donors (Lipinski definition) is 5. The number of benzene rings is 3. The van der Waals surface area contributed by atoms with Crippen LogP contribution in [-0.4, -0.2) is 81.8 Å². The van der Waals surface area contributed by atoms with Crippen molar-refractivity contribution in [3.8, 4) is 0 Å². The van der Waals surface area contributed by atoms with E-state index in [0.29, 0.717) is 32.5 Å². The first-order valence-electron chi connectivity index (χ1n) is 16.4. The molecule has 1 heterocycles. The third kappa shape index (κ3) is 9.68. The van der Waals surface area contributed by atoms with Gasteiger partial charge in [-0.2, -0.15) is 0 Å². The molecule has 0 unspecified atom stereocenters. The van der Waals surface area contributed by atoms with Gasteiger partial charge in [-0.05, 0) is 68.0 Å². The van der Waals surface area contributed by atoms with Crippen LogP contribution >= 0.6 is 28.6 Å². The highest BCUT2D eigenvalue weighted by Crippen LogP contribution is 2.32. The minimum Gasteiger partial charge on any atom is -0.392 e. The Bertz CT molecular complexity index is 1530. The molecule has 10 heteroatoms. The van der Waals surface area contributed by atoms with E-state index >= 15 is 0 Å². The Kier molecular flexibility index (Phi) is 11.9. The van der Waals surface area contributed by atoms with Crippen molar-refractivity contribution in [1.29, 1.82) is 0 Å². The minimum atomic E-state index is -0.845. The summed E-state index contributed by atoms with van der Waals surface area (Å²) in [5.74, 6) is -0.803. The molecule has 1 saturated heterocycles. The van der Waals surface area contributed by atoms with E-state index in [4.69, 9.17) is 0 Å². The van der Waals surface area contributed by atoms with E-state index in [1.165, 1.54) is 0 Å². The molecule has 0 bridgehead atoms. The summed E-state index contributed by atoms with van der Waals surface area (Å²) in [5, 5.41) is 28.6. The summed E-state index contributed by atoms with van der Waals surface area (Å²) in [6.45, 7) is 8.65. The van der Waals surface area contributed by atoms with Gasteiger partial charge in [-0.3, -0.25) is 19.4 Å². The second kappa shape index (κ2) is 15.7. The summed E-state index contributed by atoms with van der Waals surface area (Å²) in [6.07, 6.45) is -0.375. The van der Waals surface area contributed by atoms with Crippen molar-refractivity contribution in [2.45, 2.75) is 81.3 Å². The molecular formula is C37H47BrN4O4S. The predicted octanol–water partition coefficient (Wildman–Crippen LogP) is 4.52. The second-order valence-electron chi connectivity index (χ2n) is 14.0. The number of halogens is 1. The van der Waals surface area contributed by atoms with E-state index in [0.717, 1.165) is 38.2 Å². The molecule has 47 heavy (non-hydrogen) atoms. The number of aliphatic hydroxyl groups is 2. The van der Waals surface area contributed by atoms with Crippen molar-refractivity contribution in [2.24, 2.45) is 5.92 Å². The Labute approximate surface area is 292 Å². The van der Waals surface area contributed by atoms with Gasteiger partial charge in [0, 0.05) is 60.0 Å². The van der Waals surface area contributed by atoms with Crippen LogP contribution in [0.15, 0.2) is 82.2 Å². The monoisotopic (exact) mass is 722 g/mol. The van der Waals surface area contributed by atoms with E-state index in [1.807, 2.05) is 93.6 Å². The number of amides is 2. The standard InChI is InChI=1S/C37H47BrN4O4S/c1-37(2,3)40-36(46)31-23-41(21-26-13-14-28(38)20-33(26)47)15-16-42(31)22-29(43)18-27(17-24-9-5-4-6-10-24)35(45)39-34-30-12-8-7-11-25(30)19-32(34)44/h4-14,20,27,29,31-32,34,43-44,47H,15-19,21-23H2,1-3H3,(H,39,45)(H,40,46)/t27-,29-,31-,32+,34-/m0/s1. The first-order valence-corrected chi connectivity index (χ1v) is 17.6. The van der Waals surface area contributed by atoms with Crippen LogP contribution in [-0.2, 0) is 29.0 Å². The fourth-order valence-electron chi connectivity index (χ4n) is 6.73. The molecule has 0 aromatic heterocycles. The summed E-state index contributed by atoms with van der Waals surface area (Å²) in [7, 11) is 0. The number of aliphatic hydroxyl groups excluding tert-OH is 2. The van der Waals surface area contributed by atoms with Crippen molar-refractivity contribution in [3.05, 3.63) is 99.5 Å². The number of carbonyl (C=O) groups excluding carboxylic acids is 2. The number of nitrogens with one attached hydrogen (secondary N) is 2. The summed E-state index contributed by atoms with van der Waals surface area (Å²) < 4.78 is 0.968. The number of β-amino-alcohol motifs (C(OH)–C–C–N with tert-alkyl or cyclic N) is 1. The molecule has 1 aliphatic heterocycles. The van der Waals surface area contributed by atoms with Crippen LogP contribution in [0.25, 0.3) is 0 Å². The van der Waals surface area contributed by atoms with Crippen molar-refractivity contribution in [1.82, 2.24) is 20.4 Å². The van der Waals surface area contributed by atoms with E-state index < -0.39 is 35.7 Å². The molecule has 0 radical (unpaired) electrons. The van der Waals surface area contributed by atoms with Crippen molar-refractivity contribution < 1.29 is 19.8 Å². The van der Waals surface area contributed by atoms with Crippen molar-refractivity contribution in [3.63, 3.8) is 0 Å². The molecule has 5 atom stereocenters. The number of rotatable bonds is 11. The molecule has 3 aromatic rings. The molecule has 5 rings (SSSR count). The number of fused-ring (bicyclic) bond motifs is 1. The first-order chi connectivity index (χ1) is 22.4. The number of piperazine rings is 1. The maximum Gasteiger partial charge on any atom is 0.239 e. The van der Waals surface area contributed by atoms with Gasteiger partial charge in [0.2, 0.25) is 11.8 Å². The van der Waals surface area contributed by atoms with Crippen LogP contribution in [0.1, 0.15) is 55.5 Å². The van der Waals surface area contributed by atoms with Gasteiger partial charge in [0.15, 0.2) is 0 Å². The van der Waals surface area contributed by atoms with Gasteiger partial charge in [0.1, 0.15) is 6.04 Å². The first kappa shape index (κ1) is 35.6. The van der Waals surface area contributed by atoms with E-state index in [9.17, 15) is 19.8 Å². The van der Waals surface area contributed by atoms with Gasteiger partial charge in [0.05, 0.1) is 18.2 Å². The zero-order chi connectivity index (χ0) is 33.7. The molecule has 2 aliphatic rings. The normalized spacial score (nSPS) is 21.6. The van der Waals surface area contributed by atoms with Crippen LogP contribution in [0.2, 0.25) is 0 Å². The van der Waals surface area contributed by atoms with Crippen LogP contribution < -0.4 is 10.6 Å². The highest BCUT2D eigenvalue weighted by Gasteiger charge is 2.37. The minimum absolute atomic E-state index is 0.0798. The van der Waals surface area contributed by atoms with E-state index in [2.05, 4.69) is 49.0 Å². The lowest BCUT2D eigenvalue weighted by Gasteiger charge is -2.42. The fraction of sp³-hybridized carbons (Fsp3) is 0.459. The van der Waals surface area contributed by atoms with Crippen molar-refractivity contribution in [2.75, 3.05) is 26.2 Å². The van der Waals surface area contributed by atoms with Crippen LogP contribution in [0.4, 0.5) is 0 Å². The molecule has 3 aromatic carbocycles. The highest BCUT2D eigenvalue weighted by molar-refractivity contribution is 9.10. The molecular weight excluding hydrogens is 676 g/mol. The molecule has 1 fully saturated rings. The lowest BCUT2D eigenvalue weighted by atomic mass is 9.91. The van der Waals surface area contributed by atoms with Gasteiger partial charge in [-0.15, -0.1) is 12.6 Å². The fourth-order valence-corrected chi connectivity index (χ4v) is 7.55. The molecule has 2 amide bonds. The quantitative estimate of drug-likeness (QED) is 0.187. The van der Waals surface area contributed by atoms with Crippen molar-refractivity contribution >= 4 is 40.4 Å². The summed E-state index contributed by atoms with van der Waals surface area (Å²) in [4.78, 5) is 32.7. The van der Waals surface area contributed by atoms with Crippen LogP contribution in [0.3, 0.4) is 0 Å². The largest absolute Gasteiger partial charge is 0.392 e. The maximum absolute atomic E-state index is 13.9. The number of nitrogens with zero attached hydrogens (tertiary/aromatic N) is 2. The summed E-state index contributed by atoms with van der Waals surface area (Å²) in [6, 6.07) is 22.7. The zero-order valence-electron chi connectivity index (χ0n) is 27.4. The van der Waals surface area contributed by atoms with Crippen LogP contribution in [0.5, 0.6) is 0 Å². The molecule has 4 N–H and O–H groups in total. The highest BCUT2D eigenvalue weighted by atomic mass is 79.9. The number of carbonyl (C=O) groups is 2. The third-order valence-corrected chi connectivity index (χ3v) is 9.93. The number of thiol groups is 1. The molecule has 252 valence electrons. The molecule has 8 nitrogen and oxygen atoms in total.